The predicted molar refractivity (Wildman–Crippen MR) is 210 cm³/mol. The molecule has 0 unspecified atom stereocenters. The molecule has 56 heavy (non-hydrogen) atoms. The van der Waals surface area contributed by atoms with Crippen LogP contribution in [0.25, 0.3) is 0 Å². The first-order chi connectivity index (χ1) is 26.5. The Morgan fingerprint density at radius 2 is 1.73 bits per heavy atom. The number of hydrogen-bond acceptors (Lipinski definition) is 14. The highest BCUT2D eigenvalue weighted by Gasteiger charge is 2.53. The van der Waals surface area contributed by atoms with Gasteiger partial charge >= 0.3 is 5.97 Å². The Morgan fingerprint density at radius 3 is 2.36 bits per heavy atom. The van der Waals surface area contributed by atoms with Crippen LogP contribution in [0.3, 0.4) is 0 Å². The summed E-state index contributed by atoms with van der Waals surface area (Å²) in [6, 6.07) is -0.655. The van der Waals surface area contributed by atoms with Crippen LogP contribution in [0.2, 0.25) is 0 Å². The molecule has 3 aliphatic rings. The first-order valence-corrected chi connectivity index (χ1v) is 20.5. The molecule has 3 rings (SSSR count). The number of hydrogen-bond donors (Lipinski definition) is 3. The quantitative estimate of drug-likeness (QED) is 0.170. The summed E-state index contributed by atoms with van der Waals surface area (Å²) in [7, 11) is 5.04. The van der Waals surface area contributed by atoms with Gasteiger partial charge in [-0.15, -0.1) is 0 Å². The van der Waals surface area contributed by atoms with E-state index in [1.807, 2.05) is 59.7 Å². The molecule has 0 aromatic rings. The molecular formula is C42H73NO13. The van der Waals surface area contributed by atoms with Crippen LogP contribution >= 0.6 is 0 Å². The van der Waals surface area contributed by atoms with Crippen LogP contribution in [-0.4, -0.2) is 152 Å². The number of allylic oxidation sites excluding steroid dienone is 2. The SMILES string of the molecule is CCO[C@@]1(C)C[C@@H](O[C@@H]2[C@@H](N(C)C)[C@H](O)[C@@H](O[C@H]3[C@@H](CC=O)C[C@@H](C)[C@@H](O)/C=C/C=C/C[C@@H](C)OC(=O)C[C@@H](O)[C@@H]3OC)O[C@H]2C)O[C@H](C)[C@H]1OCCC(C)C. The molecule has 3 aliphatic heterocycles. The fraction of sp³-hybridized carbons (Fsp3) is 0.857. The summed E-state index contributed by atoms with van der Waals surface area (Å²) >= 11 is 0. The lowest BCUT2D eigenvalue weighted by molar-refractivity contribution is -0.348. The number of likely N-dealkylation sites (N-methyl/N-ethyl adjacent to an activating group) is 1. The van der Waals surface area contributed by atoms with E-state index in [1.165, 1.54) is 7.11 Å². The van der Waals surface area contributed by atoms with Gasteiger partial charge in [-0.3, -0.25) is 4.79 Å². The van der Waals surface area contributed by atoms with Gasteiger partial charge in [0.05, 0.1) is 48.6 Å². The number of aliphatic hydroxyl groups excluding tert-OH is 3. The smallest absolute Gasteiger partial charge is 0.308 e. The Kier molecular flexibility index (Phi) is 20.0. The summed E-state index contributed by atoms with van der Waals surface area (Å²) < 4.78 is 50.2. The third kappa shape index (κ3) is 13.6. The minimum atomic E-state index is -1.40. The topological polar surface area (TPSA) is 172 Å². The molecule has 3 heterocycles. The second-order valence-corrected chi connectivity index (χ2v) is 16.7. The van der Waals surface area contributed by atoms with Gasteiger partial charge in [0.1, 0.15) is 36.8 Å². The maximum Gasteiger partial charge on any atom is 0.308 e. The predicted octanol–water partition coefficient (Wildman–Crippen LogP) is 3.96. The van der Waals surface area contributed by atoms with Crippen LogP contribution in [0.5, 0.6) is 0 Å². The van der Waals surface area contributed by atoms with E-state index in [0.717, 1.165) is 12.7 Å². The van der Waals surface area contributed by atoms with E-state index in [-0.39, 0.29) is 31.0 Å². The summed E-state index contributed by atoms with van der Waals surface area (Å²) in [4.78, 5) is 27.0. The maximum atomic E-state index is 12.9. The second-order valence-electron chi connectivity index (χ2n) is 16.7. The van der Waals surface area contributed by atoms with E-state index in [1.54, 1.807) is 25.2 Å². The van der Waals surface area contributed by atoms with Crippen LogP contribution in [0.15, 0.2) is 24.3 Å². The molecule has 0 saturated carbocycles. The standard InChI is InChI=1S/C42H73NO13/c1-12-51-42(8)24-34(53-29(7)40(42)50-21-19-25(2)3)55-37-28(6)54-41(36(48)35(37)43(9)10)56-38-30(18-20-44)22-26(4)31(45)17-15-13-14-16-27(5)52-33(47)23-32(46)39(38)49-11/h13-15,17,20,25-32,34-41,45-46,48H,12,16,18-19,21-24H2,1-11H3/b14-13+,17-15+/t26-,27-,28+,29-,30+,31+,32-,34-,35+,36+,37+,38+,39+,40-,41-,42+/m1/s1. The molecule has 0 aromatic heterocycles. The number of methoxy groups -OCH3 is 1. The molecule has 16 atom stereocenters. The minimum absolute atomic E-state index is 0.0153. The van der Waals surface area contributed by atoms with Gasteiger partial charge in [0, 0.05) is 39.6 Å². The zero-order valence-electron chi connectivity index (χ0n) is 35.7. The number of aldehydes is 1. The summed E-state index contributed by atoms with van der Waals surface area (Å²) in [6.45, 7) is 16.7. The van der Waals surface area contributed by atoms with Crippen molar-refractivity contribution in [2.24, 2.45) is 17.8 Å². The molecule has 0 radical (unpaired) electrons. The van der Waals surface area contributed by atoms with E-state index >= 15 is 0 Å². The van der Waals surface area contributed by atoms with Crippen LogP contribution < -0.4 is 0 Å². The van der Waals surface area contributed by atoms with Gasteiger partial charge in [-0.2, -0.15) is 0 Å². The largest absolute Gasteiger partial charge is 0.462 e. The first kappa shape index (κ1) is 48.5. The zero-order valence-corrected chi connectivity index (χ0v) is 35.7. The molecule has 0 aliphatic carbocycles. The molecule has 0 aromatic carbocycles. The number of ether oxygens (including phenoxy) is 8. The second kappa shape index (κ2) is 23.1. The molecule has 0 spiro atoms. The fourth-order valence-corrected chi connectivity index (χ4v) is 8.23. The average molecular weight is 800 g/mol. The van der Waals surface area contributed by atoms with Gasteiger partial charge in [-0.05, 0) is 79.3 Å². The number of carbonyl (C=O) groups is 2. The number of rotatable bonds is 14. The molecular weight excluding hydrogens is 726 g/mol. The van der Waals surface area contributed by atoms with Crippen molar-refractivity contribution in [2.45, 2.75) is 179 Å². The van der Waals surface area contributed by atoms with Crippen LogP contribution in [-0.2, 0) is 47.5 Å². The Morgan fingerprint density at radius 1 is 1.02 bits per heavy atom. The molecule has 2 fully saturated rings. The monoisotopic (exact) mass is 800 g/mol. The van der Waals surface area contributed by atoms with Gasteiger partial charge in [0.2, 0.25) is 0 Å². The number of aliphatic hydroxyl groups is 3. The van der Waals surface area contributed by atoms with Crippen molar-refractivity contribution >= 4 is 12.3 Å². The van der Waals surface area contributed by atoms with E-state index < -0.39 is 91.4 Å². The van der Waals surface area contributed by atoms with Gasteiger partial charge in [0.25, 0.3) is 0 Å². The van der Waals surface area contributed by atoms with Crippen molar-refractivity contribution in [2.75, 3.05) is 34.4 Å². The van der Waals surface area contributed by atoms with Gasteiger partial charge in [-0.25, -0.2) is 0 Å². The lowest BCUT2D eigenvalue weighted by atomic mass is 9.82. The Bertz CT molecular complexity index is 1230. The van der Waals surface area contributed by atoms with E-state index in [9.17, 15) is 24.9 Å². The van der Waals surface area contributed by atoms with Gasteiger partial charge < -0.3 is 62.9 Å². The number of carbonyl (C=O) groups excluding carboxylic acids is 2. The third-order valence-electron chi connectivity index (χ3n) is 11.2. The van der Waals surface area contributed by atoms with Gasteiger partial charge in [0.15, 0.2) is 12.6 Å². The highest BCUT2D eigenvalue weighted by Crippen LogP contribution is 2.39. The highest BCUT2D eigenvalue weighted by molar-refractivity contribution is 5.70. The Labute approximate surface area is 335 Å². The van der Waals surface area contributed by atoms with Crippen molar-refractivity contribution in [1.29, 1.82) is 0 Å². The number of nitrogens with zero attached hydrogens (tertiary/aromatic N) is 1. The molecule has 324 valence electrons. The maximum absolute atomic E-state index is 12.9. The molecule has 0 amide bonds. The fourth-order valence-electron chi connectivity index (χ4n) is 8.23. The normalized spacial score (nSPS) is 42.0. The summed E-state index contributed by atoms with van der Waals surface area (Å²) in [5, 5.41) is 34.6. The Balaban J connectivity index is 1.92. The number of esters is 1. The number of cyclic esters (lactones) is 1. The zero-order chi connectivity index (χ0) is 41.7. The van der Waals surface area contributed by atoms with Crippen molar-refractivity contribution in [3.05, 3.63) is 24.3 Å². The van der Waals surface area contributed by atoms with E-state index in [4.69, 9.17) is 37.9 Å². The van der Waals surface area contributed by atoms with Crippen LogP contribution in [0.4, 0.5) is 0 Å². The summed E-state index contributed by atoms with van der Waals surface area (Å²) in [6.07, 6.45) is -0.783. The average Bonchev–Trinajstić information content (AvgIpc) is 3.10. The third-order valence-corrected chi connectivity index (χ3v) is 11.2. The van der Waals surface area contributed by atoms with E-state index in [0.29, 0.717) is 32.0 Å². The minimum Gasteiger partial charge on any atom is -0.462 e. The molecule has 14 heteroatoms. The van der Waals surface area contributed by atoms with Crippen molar-refractivity contribution in [1.82, 2.24) is 4.90 Å². The van der Waals surface area contributed by atoms with Gasteiger partial charge in [-0.1, -0.05) is 45.1 Å². The molecule has 2 saturated heterocycles. The van der Waals surface area contributed by atoms with Crippen molar-refractivity contribution < 1.29 is 62.8 Å². The molecule has 3 N–H and O–H groups in total. The van der Waals surface area contributed by atoms with Crippen molar-refractivity contribution in [3.8, 4) is 0 Å². The van der Waals surface area contributed by atoms with Crippen LogP contribution in [0.1, 0.15) is 93.9 Å². The van der Waals surface area contributed by atoms with Crippen molar-refractivity contribution in [3.63, 3.8) is 0 Å². The lowest BCUT2D eigenvalue weighted by Crippen LogP contribution is -2.66. The molecule has 0 bridgehead atoms. The molecule has 14 nitrogen and oxygen atoms in total. The lowest BCUT2D eigenvalue weighted by Gasteiger charge is -2.51. The first-order valence-electron chi connectivity index (χ1n) is 20.5. The summed E-state index contributed by atoms with van der Waals surface area (Å²) in [5.74, 6) is -1.09. The Hall–Kier alpha value is -1.82. The van der Waals surface area contributed by atoms with E-state index in [2.05, 4.69) is 13.8 Å². The highest BCUT2D eigenvalue weighted by atomic mass is 16.7. The summed E-state index contributed by atoms with van der Waals surface area (Å²) in [5.41, 5.74) is -0.694. The van der Waals surface area contributed by atoms with Crippen LogP contribution in [0, 0.1) is 17.8 Å².